The minimum Gasteiger partial charge on any atom is -0.493 e. The first-order valence-corrected chi connectivity index (χ1v) is 5.18. The lowest BCUT2D eigenvalue weighted by molar-refractivity contribution is 0.310. The standard InChI is InChI=1S/C11H12BF4O/c1-2-3-4-7-17-9-5-6-10(11(13)8-9)12(14,15)16/h2,5-6,8H,1,3-4,7H2/q-1. The second-order valence-corrected chi connectivity index (χ2v) is 3.54. The molecule has 0 unspecified atom stereocenters. The van der Waals surface area contributed by atoms with Crippen molar-refractivity contribution < 1.29 is 22.1 Å². The van der Waals surface area contributed by atoms with Crippen LogP contribution in [0.15, 0.2) is 30.9 Å². The highest BCUT2D eigenvalue weighted by molar-refractivity contribution is 6.73. The Hall–Kier alpha value is -1.46. The van der Waals surface area contributed by atoms with Gasteiger partial charge in [-0.25, -0.2) is 4.39 Å². The Morgan fingerprint density at radius 2 is 2.00 bits per heavy atom. The van der Waals surface area contributed by atoms with Gasteiger partial charge in [-0.15, -0.1) is 6.58 Å². The van der Waals surface area contributed by atoms with E-state index in [1.54, 1.807) is 6.08 Å². The van der Waals surface area contributed by atoms with Gasteiger partial charge in [0.1, 0.15) is 5.75 Å². The van der Waals surface area contributed by atoms with Crippen molar-refractivity contribution in [2.75, 3.05) is 6.61 Å². The van der Waals surface area contributed by atoms with E-state index < -0.39 is 18.3 Å². The Balaban J connectivity index is 2.66. The van der Waals surface area contributed by atoms with Crippen LogP contribution >= 0.6 is 0 Å². The van der Waals surface area contributed by atoms with Crippen LogP contribution in [-0.4, -0.2) is 13.6 Å². The van der Waals surface area contributed by atoms with E-state index in [1.165, 1.54) is 0 Å². The quantitative estimate of drug-likeness (QED) is 0.324. The topological polar surface area (TPSA) is 9.23 Å². The van der Waals surface area contributed by atoms with Gasteiger partial charge in [0.15, 0.2) is 0 Å². The smallest absolute Gasteiger partial charge is 0.493 e. The zero-order valence-corrected chi connectivity index (χ0v) is 9.14. The molecule has 0 aliphatic rings. The van der Waals surface area contributed by atoms with E-state index in [0.717, 1.165) is 18.6 Å². The van der Waals surface area contributed by atoms with Crippen molar-refractivity contribution in [1.82, 2.24) is 0 Å². The fourth-order valence-corrected chi connectivity index (χ4v) is 1.28. The number of ether oxygens (including phenoxy) is 1. The van der Waals surface area contributed by atoms with Gasteiger partial charge in [-0.3, -0.25) is 0 Å². The summed E-state index contributed by atoms with van der Waals surface area (Å²) in [5.41, 5.74) is -1.22. The van der Waals surface area contributed by atoms with Gasteiger partial charge < -0.3 is 17.7 Å². The van der Waals surface area contributed by atoms with Crippen LogP contribution in [0.4, 0.5) is 17.3 Å². The molecule has 0 aliphatic carbocycles. The molecule has 0 saturated carbocycles. The van der Waals surface area contributed by atoms with Crippen molar-refractivity contribution in [2.45, 2.75) is 12.8 Å². The fraction of sp³-hybridized carbons (Fsp3) is 0.273. The number of halogens is 4. The van der Waals surface area contributed by atoms with Crippen LogP contribution in [0.2, 0.25) is 0 Å². The molecule has 0 atom stereocenters. The molecule has 94 valence electrons. The Morgan fingerprint density at radius 3 is 2.53 bits per heavy atom. The number of unbranched alkanes of at least 4 members (excludes halogenated alkanes) is 1. The van der Waals surface area contributed by atoms with Crippen LogP contribution in [-0.2, 0) is 0 Å². The number of hydrogen-bond acceptors (Lipinski definition) is 1. The van der Waals surface area contributed by atoms with E-state index in [0.29, 0.717) is 19.1 Å². The van der Waals surface area contributed by atoms with Crippen LogP contribution in [0, 0.1) is 5.82 Å². The van der Waals surface area contributed by atoms with Gasteiger partial charge in [0.05, 0.1) is 12.4 Å². The monoisotopic (exact) mass is 247 g/mol. The molecule has 0 radical (unpaired) electrons. The summed E-state index contributed by atoms with van der Waals surface area (Å²) in [6.45, 7) is -1.47. The second-order valence-electron chi connectivity index (χ2n) is 3.54. The molecular formula is C11H12BF4O-. The second kappa shape index (κ2) is 5.75. The molecular weight excluding hydrogens is 235 g/mol. The van der Waals surface area contributed by atoms with Crippen molar-refractivity contribution in [3.8, 4) is 5.75 Å². The largest absolute Gasteiger partial charge is 0.512 e. The molecule has 6 heteroatoms. The number of rotatable bonds is 6. The van der Waals surface area contributed by atoms with Crippen LogP contribution < -0.4 is 10.2 Å². The normalized spacial score (nSPS) is 11.3. The highest BCUT2D eigenvalue weighted by Crippen LogP contribution is 2.17. The minimum absolute atomic E-state index is 0.107. The maximum Gasteiger partial charge on any atom is 0.512 e. The molecule has 0 saturated heterocycles. The first kappa shape index (κ1) is 13.6. The lowest BCUT2D eigenvalue weighted by Crippen LogP contribution is -2.36. The van der Waals surface area contributed by atoms with E-state index >= 15 is 0 Å². The van der Waals surface area contributed by atoms with Gasteiger partial charge in [-0.2, -0.15) is 0 Å². The van der Waals surface area contributed by atoms with Gasteiger partial charge in [0.25, 0.3) is 0 Å². The van der Waals surface area contributed by atoms with E-state index in [4.69, 9.17) is 4.74 Å². The van der Waals surface area contributed by atoms with Gasteiger partial charge in [0.2, 0.25) is 0 Å². The van der Waals surface area contributed by atoms with Gasteiger partial charge >= 0.3 is 6.98 Å². The lowest BCUT2D eigenvalue weighted by Gasteiger charge is -2.16. The molecule has 1 aromatic rings. The predicted octanol–water partition coefficient (Wildman–Crippen LogP) is 3.23. The third-order valence-corrected chi connectivity index (χ3v) is 2.15. The first-order valence-electron chi connectivity index (χ1n) is 5.18. The Bertz CT molecular complexity index is 390. The van der Waals surface area contributed by atoms with Crippen molar-refractivity contribution in [3.63, 3.8) is 0 Å². The molecule has 0 spiro atoms. The maximum absolute atomic E-state index is 13.1. The van der Waals surface area contributed by atoms with Gasteiger partial charge in [-0.05, 0) is 18.9 Å². The number of allylic oxidation sites excluding steroid dienone is 1. The molecule has 0 aliphatic heterocycles. The highest BCUT2D eigenvalue weighted by Gasteiger charge is 2.28. The van der Waals surface area contributed by atoms with Gasteiger partial charge in [0, 0.05) is 6.07 Å². The number of hydrogen-bond donors (Lipinski definition) is 0. The van der Waals surface area contributed by atoms with Crippen LogP contribution in [0.25, 0.3) is 0 Å². The van der Waals surface area contributed by atoms with Crippen molar-refractivity contribution in [1.29, 1.82) is 0 Å². The molecule has 1 rings (SSSR count). The summed E-state index contributed by atoms with van der Waals surface area (Å²) in [6, 6.07) is 2.60. The summed E-state index contributed by atoms with van der Waals surface area (Å²) in [5.74, 6) is -1.19. The molecule has 0 N–H and O–H groups in total. The van der Waals surface area contributed by atoms with E-state index in [-0.39, 0.29) is 5.75 Å². The van der Waals surface area contributed by atoms with Crippen LogP contribution in [0.3, 0.4) is 0 Å². The number of benzene rings is 1. The Morgan fingerprint density at radius 1 is 1.29 bits per heavy atom. The summed E-state index contributed by atoms with van der Waals surface area (Å²) in [5, 5.41) is 0. The summed E-state index contributed by atoms with van der Waals surface area (Å²) in [6.07, 6.45) is 3.14. The molecule has 0 amide bonds. The molecule has 0 aromatic heterocycles. The minimum atomic E-state index is -5.31. The van der Waals surface area contributed by atoms with Crippen LogP contribution in [0.5, 0.6) is 5.75 Å². The lowest BCUT2D eigenvalue weighted by atomic mass is 9.80. The van der Waals surface area contributed by atoms with E-state index in [1.807, 2.05) is 0 Å². The third-order valence-electron chi connectivity index (χ3n) is 2.15. The van der Waals surface area contributed by atoms with Crippen molar-refractivity contribution >= 4 is 12.4 Å². The predicted molar refractivity (Wildman–Crippen MR) is 60.0 cm³/mol. The Labute approximate surface area is 97.1 Å². The van der Waals surface area contributed by atoms with E-state index in [2.05, 4.69) is 6.58 Å². The Kier molecular flexibility index (Phi) is 4.60. The summed E-state index contributed by atoms with van der Waals surface area (Å²) in [4.78, 5) is 0. The average Bonchev–Trinajstić information content (AvgIpc) is 2.23. The highest BCUT2D eigenvalue weighted by atomic mass is 19.4. The SMILES string of the molecule is C=CCCCOc1ccc([B-](F)(F)F)c(F)c1. The summed E-state index contributed by atoms with van der Waals surface area (Å²) >= 11 is 0. The molecule has 0 heterocycles. The third kappa shape index (κ3) is 4.13. The van der Waals surface area contributed by atoms with Crippen molar-refractivity contribution in [3.05, 3.63) is 36.7 Å². The fourth-order valence-electron chi connectivity index (χ4n) is 1.28. The average molecular weight is 247 g/mol. The molecule has 0 bridgehead atoms. The van der Waals surface area contributed by atoms with Gasteiger partial charge in [-0.1, -0.05) is 17.6 Å². The zero-order valence-electron chi connectivity index (χ0n) is 9.14. The van der Waals surface area contributed by atoms with E-state index in [9.17, 15) is 17.3 Å². The first-order chi connectivity index (χ1) is 7.95. The molecule has 17 heavy (non-hydrogen) atoms. The summed E-state index contributed by atoms with van der Waals surface area (Å²) in [7, 11) is 0. The zero-order chi connectivity index (χ0) is 12.9. The molecule has 1 nitrogen and oxygen atoms in total. The van der Waals surface area contributed by atoms with Crippen LogP contribution in [0.1, 0.15) is 12.8 Å². The molecule has 1 aromatic carbocycles. The maximum atomic E-state index is 13.1. The molecule has 0 fully saturated rings. The van der Waals surface area contributed by atoms with Crippen molar-refractivity contribution in [2.24, 2.45) is 0 Å². The summed E-state index contributed by atoms with van der Waals surface area (Å²) < 4.78 is 55.1.